The summed E-state index contributed by atoms with van der Waals surface area (Å²) in [5, 5.41) is 21.9. The number of carboxylic acids is 1. The predicted octanol–water partition coefficient (Wildman–Crippen LogP) is 1.66. The van der Waals surface area contributed by atoms with Gasteiger partial charge in [0.25, 0.3) is 5.69 Å². The van der Waals surface area contributed by atoms with Gasteiger partial charge in [-0.2, -0.15) is 0 Å². The smallest absolute Gasteiger partial charge is 0.337 e. The number of carboxylic acid groups (broad SMARTS) is 1. The maximum absolute atomic E-state index is 11.5. The molecule has 0 atom stereocenters. The number of carbonyl (C=O) groups excluding carboxylic acids is 1. The minimum Gasteiger partial charge on any atom is -0.478 e. The number of amides is 1. The zero-order chi connectivity index (χ0) is 15.1. The number of non-ortho nitro benzene ring substituents is 1. The molecule has 8 heteroatoms. The molecule has 0 bridgehead atoms. The van der Waals surface area contributed by atoms with Crippen molar-refractivity contribution in [1.82, 2.24) is 0 Å². The van der Waals surface area contributed by atoms with Crippen LogP contribution in [0.3, 0.4) is 0 Å². The summed E-state index contributed by atoms with van der Waals surface area (Å²) < 4.78 is 5.00. The lowest BCUT2D eigenvalue weighted by molar-refractivity contribution is -0.384. The van der Waals surface area contributed by atoms with Crippen LogP contribution in [0.5, 0.6) is 0 Å². The van der Waals surface area contributed by atoms with E-state index in [-0.39, 0.29) is 23.5 Å². The first-order valence-corrected chi connectivity index (χ1v) is 5.85. The lowest BCUT2D eigenvalue weighted by Gasteiger charge is -2.08. The third-order valence-electron chi connectivity index (χ3n) is 2.30. The van der Waals surface area contributed by atoms with Crippen LogP contribution in [0.25, 0.3) is 0 Å². The number of nitro benzene ring substituents is 1. The summed E-state index contributed by atoms with van der Waals surface area (Å²) in [6.07, 6.45) is 0.741. The van der Waals surface area contributed by atoms with Gasteiger partial charge in [0.1, 0.15) is 6.61 Å². The van der Waals surface area contributed by atoms with Gasteiger partial charge in [0.15, 0.2) is 0 Å². The molecule has 1 rings (SSSR count). The number of hydrogen-bond acceptors (Lipinski definition) is 5. The zero-order valence-electron chi connectivity index (χ0n) is 10.8. The maximum atomic E-state index is 11.5. The number of ether oxygens (including phenoxy) is 1. The normalized spacial score (nSPS) is 10.1. The van der Waals surface area contributed by atoms with Crippen molar-refractivity contribution in [2.24, 2.45) is 0 Å². The highest BCUT2D eigenvalue weighted by Gasteiger charge is 2.17. The number of nitro groups is 1. The van der Waals surface area contributed by atoms with E-state index in [2.05, 4.69) is 5.32 Å². The number of benzene rings is 1. The summed E-state index contributed by atoms with van der Waals surface area (Å²) in [7, 11) is 0. The Bertz CT molecular complexity index is 529. The molecule has 0 saturated carbocycles. The Morgan fingerprint density at radius 1 is 1.45 bits per heavy atom. The topological polar surface area (TPSA) is 119 Å². The van der Waals surface area contributed by atoms with Crippen LogP contribution in [-0.4, -0.2) is 35.1 Å². The molecule has 0 saturated heterocycles. The molecule has 20 heavy (non-hydrogen) atoms. The summed E-state index contributed by atoms with van der Waals surface area (Å²) in [6.45, 7) is 2.03. The SMILES string of the molecule is CCCOCC(=O)Nc1cc([N+](=O)[O-])ccc1C(=O)O. The molecule has 0 spiro atoms. The highest BCUT2D eigenvalue weighted by molar-refractivity contribution is 6.01. The Morgan fingerprint density at radius 3 is 2.70 bits per heavy atom. The van der Waals surface area contributed by atoms with Gasteiger partial charge in [-0.05, 0) is 12.5 Å². The van der Waals surface area contributed by atoms with Gasteiger partial charge >= 0.3 is 5.97 Å². The van der Waals surface area contributed by atoms with Gasteiger partial charge in [-0.15, -0.1) is 0 Å². The molecule has 8 nitrogen and oxygen atoms in total. The van der Waals surface area contributed by atoms with Crippen LogP contribution in [-0.2, 0) is 9.53 Å². The van der Waals surface area contributed by atoms with Crippen molar-refractivity contribution in [3.05, 3.63) is 33.9 Å². The van der Waals surface area contributed by atoms with Crippen LogP contribution >= 0.6 is 0 Å². The van der Waals surface area contributed by atoms with Crippen LogP contribution in [0.4, 0.5) is 11.4 Å². The number of nitrogens with zero attached hydrogens (tertiary/aromatic N) is 1. The Kier molecular flexibility index (Phi) is 5.60. The van der Waals surface area contributed by atoms with Crippen molar-refractivity contribution in [3.63, 3.8) is 0 Å². The van der Waals surface area contributed by atoms with E-state index >= 15 is 0 Å². The van der Waals surface area contributed by atoms with E-state index in [1.165, 1.54) is 0 Å². The van der Waals surface area contributed by atoms with E-state index in [9.17, 15) is 19.7 Å². The number of carbonyl (C=O) groups is 2. The van der Waals surface area contributed by atoms with Gasteiger partial charge in [0.2, 0.25) is 5.91 Å². The summed E-state index contributed by atoms with van der Waals surface area (Å²) in [5.74, 6) is -1.86. The summed E-state index contributed by atoms with van der Waals surface area (Å²) in [5.41, 5.74) is -0.656. The number of nitrogens with one attached hydrogen (secondary N) is 1. The van der Waals surface area contributed by atoms with Gasteiger partial charge in [0, 0.05) is 18.7 Å². The van der Waals surface area contributed by atoms with Gasteiger partial charge in [0.05, 0.1) is 16.2 Å². The minimum absolute atomic E-state index is 0.128. The van der Waals surface area contributed by atoms with Crippen LogP contribution in [0.15, 0.2) is 18.2 Å². The van der Waals surface area contributed by atoms with Crippen LogP contribution in [0, 0.1) is 10.1 Å². The highest BCUT2D eigenvalue weighted by atomic mass is 16.6. The first kappa shape index (κ1) is 15.6. The van der Waals surface area contributed by atoms with E-state index in [4.69, 9.17) is 9.84 Å². The van der Waals surface area contributed by atoms with Crippen molar-refractivity contribution in [2.75, 3.05) is 18.5 Å². The third-order valence-corrected chi connectivity index (χ3v) is 2.30. The van der Waals surface area contributed by atoms with Crippen molar-refractivity contribution in [1.29, 1.82) is 0 Å². The average molecular weight is 282 g/mol. The lowest BCUT2D eigenvalue weighted by Crippen LogP contribution is -2.20. The fraction of sp³-hybridized carbons (Fsp3) is 0.333. The van der Waals surface area contributed by atoms with Gasteiger partial charge in [-0.25, -0.2) is 4.79 Å². The Morgan fingerprint density at radius 2 is 2.15 bits per heavy atom. The average Bonchev–Trinajstić information content (AvgIpc) is 2.38. The fourth-order valence-electron chi connectivity index (χ4n) is 1.43. The van der Waals surface area contributed by atoms with Crippen molar-refractivity contribution in [3.8, 4) is 0 Å². The first-order valence-electron chi connectivity index (χ1n) is 5.85. The summed E-state index contributed by atoms with van der Waals surface area (Å²) in [6, 6.07) is 3.14. The molecule has 1 aromatic carbocycles. The molecule has 0 aliphatic heterocycles. The van der Waals surface area contributed by atoms with E-state index in [0.29, 0.717) is 6.61 Å². The van der Waals surface area contributed by atoms with Crippen LogP contribution < -0.4 is 5.32 Å². The van der Waals surface area contributed by atoms with Crippen molar-refractivity contribution in [2.45, 2.75) is 13.3 Å². The van der Waals surface area contributed by atoms with Crippen molar-refractivity contribution >= 4 is 23.3 Å². The van der Waals surface area contributed by atoms with Gasteiger partial charge in [-0.3, -0.25) is 14.9 Å². The zero-order valence-corrected chi connectivity index (χ0v) is 10.8. The number of rotatable bonds is 7. The largest absolute Gasteiger partial charge is 0.478 e. The van der Waals surface area contributed by atoms with Crippen molar-refractivity contribution < 1.29 is 24.4 Å². The Labute approximate surface area is 114 Å². The summed E-state index contributed by atoms with van der Waals surface area (Å²) in [4.78, 5) is 32.5. The monoisotopic (exact) mass is 282 g/mol. The molecule has 108 valence electrons. The molecule has 0 aromatic heterocycles. The second-order valence-electron chi connectivity index (χ2n) is 3.89. The molecule has 0 radical (unpaired) electrons. The molecule has 0 unspecified atom stereocenters. The van der Waals surface area contributed by atoms with E-state index in [1.54, 1.807) is 0 Å². The molecule has 0 aliphatic rings. The molecule has 0 heterocycles. The molecular weight excluding hydrogens is 268 g/mol. The summed E-state index contributed by atoms with van der Waals surface area (Å²) >= 11 is 0. The molecule has 0 fully saturated rings. The molecule has 1 amide bonds. The first-order chi connectivity index (χ1) is 9.45. The lowest BCUT2D eigenvalue weighted by atomic mass is 10.1. The molecule has 2 N–H and O–H groups in total. The number of aromatic carboxylic acids is 1. The maximum Gasteiger partial charge on any atom is 0.337 e. The number of anilines is 1. The minimum atomic E-state index is -1.29. The highest BCUT2D eigenvalue weighted by Crippen LogP contribution is 2.22. The molecule has 1 aromatic rings. The second-order valence-corrected chi connectivity index (χ2v) is 3.89. The quantitative estimate of drug-likeness (QED) is 0.446. The van der Waals surface area contributed by atoms with Crippen LogP contribution in [0.2, 0.25) is 0 Å². The Hall–Kier alpha value is -2.48. The fourth-order valence-corrected chi connectivity index (χ4v) is 1.43. The van der Waals surface area contributed by atoms with E-state index in [1.807, 2.05) is 6.92 Å². The molecule has 0 aliphatic carbocycles. The molecular formula is C12H14N2O6. The Balaban J connectivity index is 2.90. The van der Waals surface area contributed by atoms with Gasteiger partial charge in [-0.1, -0.05) is 6.92 Å². The van der Waals surface area contributed by atoms with Gasteiger partial charge < -0.3 is 15.2 Å². The standard InChI is InChI=1S/C12H14N2O6/c1-2-5-20-7-11(15)13-10-6-8(14(18)19)3-4-9(10)12(16)17/h3-4,6H,2,5,7H2,1H3,(H,13,15)(H,16,17). The van der Waals surface area contributed by atoms with E-state index in [0.717, 1.165) is 24.6 Å². The third kappa shape index (κ3) is 4.32. The van der Waals surface area contributed by atoms with E-state index < -0.39 is 16.8 Å². The number of hydrogen-bond donors (Lipinski definition) is 2. The second kappa shape index (κ2) is 7.19. The predicted molar refractivity (Wildman–Crippen MR) is 69.8 cm³/mol. The van der Waals surface area contributed by atoms with Crippen LogP contribution in [0.1, 0.15) is 23.7 Å².